The van der Waals surface area contributed by atoms with E-state index in [4.69, 9.17) is 16.2 Å². The minimum Gasteiger partial charge on any atom is -0.493 e. The summed E-state index contributed by atoms with van der Waals surface area (Å²) in [5.74, 6) is 0.0598. The normalized spacial score (nSPS) is 15.6. The fourth-order valence-electron chi connectivity index (χ4n) is 1.52. The Labute approximate surface area is 111 Å². The summed E-state index contributed by atoms with van der Waals surface area (Å²) in [4.78, 5) is 22.3. The number of primary amides is 1. The topological polar surface area (TPSA) is 107 Å². The molecular formula is C13H17N3O3. The summed E-state index contributed by atoms with van der Waals surface area (Å²) >= 11 is 0. The van der Waals surface area contributed by atoms with Crippen molar-refractivity contribution in [3.8, 4) is 5.75 Å². The van der Waals surface area contributed by atoms with E-state index < -0.39 is 11.4 Å². The molecule has 1 fully saturated rings. The molecule has 1 saturated carbocycles. The van der Waals surface area contributed by atoms with E-state index in [1.807, 2.05) is 0 Å². The maximum absolute atomic E-state index is 11.7. The van der Waals surface area contributed by atoms with Gasteiger partial charge in [0.1, 0.15) is 5.75 Å². The minimum atomic E-state index is -0.684. The van der Waals surface area contributed by atoms with Gasteiger partial charge < -0.3 is 21.5 Å². The zero-order valence-electron chi connectivity index (χ0n) is 10.5. The Morgan fingerprint density at radius 1 is 1.26 bits per heavy atom. The van der Waals surface area contributed by atoms with Crippen LogP contribution >= 0.6 is 0 Å². The van der Waals surface area contributed by atoms with Crippen LogP contribution in [-0.4, -0.2) is 24.0 Å². The van der Waals surface area contributed by atoms with Crippen molar-refractivity contribution in [2.75, 3.05) is 11.9 Å². The van der Waals surface area contributed by atoms with Gasteiger partial charge in [0.15, 0.2) is 0 Å². The molecular weight excluding hydrogens is 246 g/mol. The number of carbonyl (C=O) groups is 2. The van der Waals surface area contributed by atoms with Crippen LogP contribution in [0.25, 0.3) is 0 Å². The SMILES string of the molecule is NC(=O)CCOc1ccc(NC(=O)C2(N)CC2)cc1. The minimum absolute atomic E-state index is 0.158. The van der Waals surface area contributed by atoms with E-state index in [9.17, 15) is 9.59 Å². The third kappa shape index (κ3) is 3.69. The van der Waals surface area contributed by atoms with Gasteiger partial charge >= 0.3 is 0 Å². The molecule has 0 spiro atoms. The number of hydrogen-bond acceptors (Lipinski definition) is 4. The van der Waals surface area contributed by atoms with Crippen LogP contribution in [0.4, 0.5) is 5.69 Å². The molecule has 1 aliphatic rings. The Morgan fingerprint density at radius 3 is 2.42 bits per heavy atom. The average Bonchev–Trinajstić information content (AvgIpc) is 3.10. The number of anilines is 1. The molecule has 2 amide bonds. The highest BCUT2D eigenvalue weighted by atomic mass is 16.5. The first-order valence-corrected chi connectivity index (χ1v) is 6.11. The summed E-state index contributed by atoms with van der Waals surface area (Å²) in [6, 6.07) is 6.88. The number of nitrogens with two attached hydrogens (primary N) is 2. The highest BCUT2D eigenvalue weighted by molar-refractivity contribution is 6.00. The van der Waals surface area contributed by atoms with E-state index in [2.05, 4.69) is 5.32 Å². The second kappa shape index (κ2) is 5.27. The molecule has 6 heteroatoms. The first-order chi connectivity index (χ1) is 8.99. The number of nitrogens with one attached hydrogen (secondary N) is 1. The number of amides is 2. The van der Waals surface area contributed by atoms with Crippen molar-refractivity contribution in [2.45, 2.75) is 24.8 Å². The monoisotopic (exact) mass is 263 g/mol. The van der Waals surface area contributed by atoms with E-state index in [1.165, 1.54) is 0 Å². The molecule has 1 aromatic carbocycles. The van der Waals surface area contributed by atoms with Gasteiger partial charge in [0, 0.05) is 5.69 Å². The van der Waals surface area contributed by atoms with Crippen LogP contribution in [0.1, 0.15) is 19.3 Å². The van der Waals surface area contributed by atoms with Gasteiger partial charge in [-0.25, -0.2) is 0 Å². The summed E-state index contributed by atoms with van der Waals surface area (Å²) in [7, 11) is 0. The molecule has 0 unspecified atom stereocenters. The Kier molecular flexibility index (Phi) is 3.71. The third-order valence-electron chi connectivity index (χ3n) is 2.97. The van der Waals surface area contributed by atoms with Gasteiger partial charge in [-0.05, 0) is 37.1 Å². The van der Waals surface area contributed by atoms with Crippen LogP contribution in [0.5, 0.6) is 5.75 Å². The van der Waals surface area contributed by atoms with E-state index in [-0.39, 0.29) is 18.9 Å². The molecule has 2 rings (SSSR count). The van der Waals surface area contributed by atoms with E-state index in [1.54, 1.807) is 24.3 Å². The summed E-state index contributed by atoms with van der Waals surface area (Å²) in [6.45, 7) is 0.243. The van der Waals surface area contributed by atoms with Gasteiger partial charge in [0.05, 0.1) is 18.6 Å². The molecule has 0 radical (unpaired) electrons. The van der Waals surface area contributed by atoms with Gasteiger partial charge in [-0.15, -0.1) is 0 Å². The van der Waals surface area contributed by atoms with Gasteiger partial charge in [0.25, 0.3) is 0 Å². The van der Waals surface area contributed by atoms with Crippen LogP contribution in [-0.2, 0) is 9.59 Å². The van der Waals surface area contributed by atoms with Crippen molar-refractivity contribution < 1.29 is 14.3 Å². The number of hydrogen-bond donors (Lipinski definition) is 3. The van der Waals surface area contributed by atoms with Crippen LogP contribution in [0, 0.1) is 0 Å². The smallest absolute Gasteiger partial charge is 0.244 e. The number of carbonyl (C=O) groups excluding carboxylic acids is 2. The molecule has 0 aliphatic heterocycles. The summed E-state index contributed by atoms with van der Waals surface area (Å²) in [6.07, 6.45) is 1.63. The quantitative estimate of drug-likeness (QED) is 0.689. The molecule has 19 heavy (non-hydrogen) atoms. The lowest BCUT2D eigenvalue weighted by molar-refractivity contribution is -0.119. The Bertz CT molecular complexity index is 480. The number of ether oxygens (including phenoxy) is 1. The lowest BCUT2D eigenvalue weighted by Gasteiger charge is -2.10. The van der Waals surface area contributed by atoms with E-state index in [0.717, 1.165) is 12.8 Å². The molecule has 102 valence electrons. The van der Waals surface area contributed by atoms with Crippen molar-refractivity contribution in [3.05, 3.63) is 24.3 Å². The van der Waals surface area contributed by atoms with Crippen molar-refractivity contribution in [1.29, 1.82) is 0 Å². The molecule has 0 saturated heterocycles. The first-order valence-electron chi connectivity index (χ1n) is 6.11. The standard InChI is InChI=1S/C13H17N3O3/c14-11(17)5-8-19-10-3-1-9(2-4-10)16-12(18)13(15)6-7-13/h1-4H,5-8,15H2,(H2,14,17)(H,16,18). The van der Waals surface area contributed by atoms with Gasteiger partial charge in [-0.2, -0.15) is 0 Å². The van der Waals surface area contributed by atoms with Crippen LogP contribution in [0.15, 0.2) is 24.3 Å². The fraction of sp³-hybridized carbons (Fsp3) is 0.385. The molecule has 6 nitrogen and oxygen atoms in total. The Morgan fingerprint density at radius 2 is 1.89 bits per heavy atom. The predicted octanol–water partition coefficient (Wildman–Crippen LogP) is 0.371. The predicted molar refractivity (Wildman–Crippen MR) is 70.5 cm³/mol. The molecule has 1 aliphatic carbocycles. The molecule has 0 atom stereocenters. The lowest BCUT2D eigenvalue weighted by atomic mass is 10.2. The second-order valence-electron chi connectivity index (χ2n) is 4.70. The molecule has 0 heterocycles. The second-order valence-corrected chi connectivity index (χ2v) is 4.70. The maximum Gasteiger partial charge on any atom is 0.244 e. The first kappa shape index (κ1) is 13.4. The van der Waals surface area contributed by atoms with Crippen molar-refractivity contribution in [1.82, 2.24) is 0 Å². The number of benzene rings is 1. The van der Waals surface area contributed by atoms with Crippen molar-refractivity contribution in [3.63, 3.8) is 0 Å². The highest BCUT2D eigenvalue weighted by Crippen LogP contribution is 2.33. The molecule has 5 N–H and O–H groups in total. The third-order valence-corrected chi connectivity index (χ3v) is 2.97. The van der Waals surface area contributed by atoms with Crippen LogP contribution in [0.2, 0.25) is 0 Å². The molecule has 0 bridgehead atoms. The molecule has 0 aromatic heterocycles. The average molecular weight is 263 g/mol. The molecule has 1 aromatic rings. The van der Waals surface area contributed by atoms with Gasteiger partial charge in [-0.3, -0.25) is 9.59 Å². The van der Waals surface area contributed by atoms with Crippen LogP contribution < -0.4 is 21.5 Å². The van der Waals surface area contributed by atoms with Crippen LogP contribution in [0.3, 0.4) is 0 Å². The summed E-state index contributed by atoms with van der Waals surface area (Å²) < 4.78 is 5.32. The number of rotatable bonds is 6. The highest BCUT2D eigenvalue weighted by Gasteiger charge is 2.45. The van der Waals surface area contributed by atoms with Crippen molar-refractivity contribution in [2.24, 2.45) is 11.5 Å². The van der Waals surface area contributed by atoms with Crippen molar-refractivity contribution >= 4 is 17.5 Å². The fourth-order valence-corrected chi connectivity index (χ4v) is 1.52. The van der Waals surface area contributed by atoms with E-state index in [0.29, 0.717) is 11.4 Å². The Balaban J connectivity index is 1.84. The summed E-state index contributed by atoms with van der Waals surface area (Å²) in [5.41, 5.74) is 10.8. The maximum atomic E-state index is 11.7. The zero-order chi connectivity index (χ0) is 13.9. The van der Waals surface area contributed by atoms with Gasteiger partial charge in [0.2, 0.25) is 11.8 Å². The zero-order valence-corrected chi connectivity index (χ0v) is 10.5. The lowest BCUT2D eigenvalue weighted by Crippen LogP contribution is -2.37. The summed E-state index contributed by atoms with van der Waals surface area (Å²) in [5, 5.41) is 2.75. The van der Waals surface area contributed by atoms with E-state index >= 15 is 0 Å². The Hall–Kier alpha value is -2.08. The largest absolute Gasteiger partial charge is 0.493 e. The van der Waals surface area contributed by atoms with Gasteiger partial charge in [-0.1, -0.05) is 0 Å².